The fourth-order valence-electron chi connectivity index (χ4n) is 2.28. The molecule has 2 rings (SSSR count). The lowest BCUT2D eigenvalue weighted by Crippen LogP contribution is -2.15. The Bertz CT molecular complexity index is 858. The van der Waals surface area contributed by atoms with Crippen molar-refractivity contribution < 1.29 is 23.5 Å². The predicted molar refractivity (Wildman–Crippen MR) is 108 cm³/mol. The average Bonchev–Trinajstić information content (AvgIpc) is 3.16. The minimum absolute atomic E-state index is 0.0333. The molecule has 154 valence electrons. The van der Waals surface area contributed by atoms with Gasteiger partial charge in [0.25, 0.3) is 0 Å². The van der Waals surface area contributed by atoms with Gasteiger partial charge in [-0.25, -0.2) is 23.9 Å². The molecule has 2 heterocycles. The van der Waals surface area contributed by atoms with Crippen LogP contribution in [-0.4, -0.2) is 34.1 Å². The lowest BCUT2D eigenvalue weighted by atomic mass is 10.1. The van der Waals surface area contributed by atoms with Crippen LogP contribution in [0.15, 0.2) is 0 Å². The van der Waals surface area contributed by atoms with Gasteiger partial charge >= 0.3 is 11.9 Å². The number of ether oxygens (including phenoxy) is 2. The van der Waals surface area contributed by atoms with E-state index >= 15 is 0 Å². The molecule has 0 amide bonds. The number of hydrogen-bond donors (Lipinski definition) is 0. The van der Waals surface area contributed by atoms with Crippen molar-refractivity contribution in [3.8, 4) is 10.0 Å². The van der Waals surface area contributed by atoms with Crippen LogP contribution in [0.4, 0.5) is 4.39 Å². The number of thiazole rings is 2. The largest absolute Gasteiger partial charge is 0.458 e. The molecule has 0 fully saturated rings. The summed E-state index contributed by atoms with van der Waals surface area (Å²) in [5.41, 5.74) is 0.173. The van der Waals surface area contributed by atoms with E-state index in [1.165, 1.54) is 11.3 Å². The molecule has 0 spiro atoms. The normalized spacial score (nSPS) is 12.7. The maximum absolute atomic E-state index is 14.8. The summed E-state index contributed by atoms with van der Waals surface area (Å²) in [5.74, 6) is -1.51. The molecule has 0 aliphatic carbocycles. The standard InChI is InChI=1S/C19H25FN2O4S2/c1-8(2)12(20)15-14(19(24)26-10(5)6)22-17(28-15)16-21-13(11(7)27-16)18(23)25-9(3)4/h8-10,12H,1-7H3. The third-order valence-electron chi connectivity index (χ3n) is 3.54. The van der Waals surface area contributed by atoms with E-state index in [0.29, 0.717) is 14.9 Å². The summed E-state index contributed by atoms with van der Waals surface area (Å²) < 4.78 is 25.2. The second-order valence-electron chi connectivity index (χ2n) is 7.21. The van der Waals surface area contributed by atoms with Crippen LogP contribution < -0.4 is 0 Å². The first-order valence-electron chi connectivity index (χ1n) is 9.05. The molecule has 0 aliphatic heterocycles. The maximum atomic E-state index is 14.8. The van der Waals surface area contributed by atoms with Crippen molar-refractivity contribution in [3.05, 3.63) is 21.1 Å². The zero-order chi connectivity index (χ0) is 21.2. The molecule has 0 radical (unpaired) electrons. The van der Waals surface area contributed by atoms with Crippen LogP contribution in [0, 0.1) is 12.8 Å². The predicted octanol–water partition coefficient (Wildman–Crippen LogP) is 5.37. The van der Waals surface area contributed by atoms with Gasteiger partial charge in [-0.1, -0.05) is 13.8 Å². The van der Waals surface area contributed by atoms with Crippen molar-refractivity contribution >= 4 is 34.6 Å². The van der Waals surface area contributed by atoms with Crippen molar-refractivity contribution in [3.63, 3.8) is 0 Å². The van der Waals surface area contributed by atoms with Crippen LogP contribution in [0.5, 0.6) is 0 Å². The van der Waals surface area contributed by atoms with Crippen molar-refractivity contribution in [2.75, 3.05) is 0 Å². The van der Waals surface area contributed by atoms with E-state index < -0.39 is 18.1 Å². The first-order chi connectivity index (χ1) is 13.0. The van der Waals surface area contributed by atoms with E-state index in [9.17, 15) is 14.0 Å². The Morgan fingerprint density at radius 2 is 1.32 bits per heavy atom. The quantitative estimate of drug-likeness (QED) is 0.552. The smallest absolute Gasteiger partial charge is 0.358 e. The molecule has 0 saturated carbocycles. The van der Waals surface area contributed by atoms with E-state index in [0.717, 1.165) is 11.3 Å². The highest BCUT2D eigenvalue weighted by Crippen LogP contribution is 2.39. The molecular formula is C19H25FN2O4S2. The number of halogens is 1. The van der Waals surface area contributed by atoms with Gasteiger partial charge in [-0.2, -0.15) is 0 Å². The molecule has 6 nitrogen and oxygen atoms in total. The first kappa shape index (κ1) is 22.4. The molecule has 1 atom stereocenters. The molecule has 0 saturated heterocycles. The van der Waals surface area contributed by atoms with Crippen molar-refractivity contribution in [2.45, 2.75) is 66.8 Å². The van der Waals surface area contributed by atoms with Gasteiger partial charge in [0.05, 0.1) is 17.1 Å². The van der Waals surface area contributed by atoms with Gasteiger partial charge in [0.15, 0.2) is 21.4 Å². The molecule has 2 aromatic rings. The number of rotatable bonds is 7. The number of alkyl halides is 1. The van der Waals surface area contributed by atoms with Crippen molar-refractivity contribution in [2.24, 2.45) is 5.92 Å². The molecule has 1 unspecified atom stereocenters. The van der Waals surface area contributed by atoms with Gasteiger partial charge in [0.1, 0.15) is 6.17 Å². The molecule has 0 aromatic carbocycles. The SMILES string of the molecule is Cc1sc(-c2nc(C(=O)OC(C)C)c(C(F)C(C)C)s2)nc1C(=O)OC(C)C. The van der Waals surface area contributed by atoms with Gasteiger partial charge in [-0.05, 0) is 40.5 Å². The van der Waals surface area contributed by atoms with Crippen molar-refractivity contribution in [1.82, 2.24) is 9.97 Å². The minimum Gasteiger partial charge on any atom is -0.458 e. The van der Waals surface area contributed by atoms with Crippen LogP contribution in [0.1, 0.15) is 78.4 Å². The fourth-order valence-corrected chi connectivity index (χ4v) is 4.40. The molecular weight excluding hydrogens is 403 g/mol. The molecule has 2 aromatic heterocycles. The highest BCUT2D eigenvalue weighted by Gasteiger charge is 2.30. The fraction of sp³-hybridized carbons (Fsp3) is 0.579. The molecule has 9 heteroatoms. The highest BCUT2D eigenvalue weighted by molar-refractivity contribution is 7.21. The van der Waals surface area contributed by atoms with E-state index in [-0.39, 0.29) is 34.4 Å². The molecule has 28 heavy (non-hydrogen) atoms. The second kappa shape index (κ2) is 9.09. The summed E-state index contributed by atoms with van der Waals surface area (Å²) in [5, 5.41) is 0.824. The lowest BCUT2D eigenvalue weighted by molar-refractivity contribution is 0.0358. The van der Waals surface area contributed by atoms with Crippen molar-refractivity contribution in [1.29, 1.82) is 0 Å². The number of nitrogens with zero attached hydrogens (tertiary/aromatic N) is 2. The number of aryl methyl sites for hydroxylation is 1. The Morgan fingerprint density at radius 3 is 1.82 bits per heavy atom. The minimum atomic E-state index is -1.35. The lowest BCUT2D eigenvalue weighted by Gasteiger charge is -2.12. The summed E-state index contributed by atoms with van der Waals surface area (Å²) in [6, 6.07) is 0. The van der Waals surface area contributed by atoms with Gasteiger partial charge in [-0.15, -0.1) is 22.7 Å². The van der Waals surface area contributed by atoms with Crippen LogP contribution in [-0.2, 0) is 9.47 Å². The van der Waals surface area contributed by atoms with Gasteiger partial charge in [0.2, 0.25) is 0 Å². The summed E-state index contributed by atoms with van der Waals surface area (Å²) >= 11 is 2.31. The summed E-state index contributed by atoms with van der Waals surface area (Å²) in [7, 11) is 0. The highest BCUT2D eigenvalue weighted by atomic mass is 32.1. The second-order valence-corrected chi connectivity index (χ2v) is 9.44. The van der Waals surface area contributed by atoms with Gasteiger partial charge in [0, 0.05) is 4.88 Å². The topological polar surface area (TPSA) is 78.4 Å². The number of aromatic nitrogens is 2. The Kier molecular flexibility index (Phi) is 7.28. The average molecular weight is 429 g/mol. The maximum Gasteiger partial charge on any atom is 0.358 e. The van der Waals surface area contributed by atoms with E-state index in [2.05, 4.69) is 9.97 Å². The molecule has 0 N–H and O–H groups in total. The third-order valence-corrected chi connectivity index (χ3v) is 5.76. The van der Waals surface area contributed by atoms with E-state index in [4.69, 9.17) is 9.47 Å². The number of carbonyl (C=O) groups excluding carboxylic acids is 2. The van der Waals surface area contributed by atoms with Crippen LogP contribution >= 0.6 is 22.7 Å². The zero-order valence-electron chi connectivity index (χ0n) is 17.0. The summed E-state index contributed by atoms with van der Waals surface area (Å²) in [4.78, 5) is 34.1. The van der Waals surface area contributed by atoms with Crippen LogP contribution in [0.25, 0.3) is 10.0 Å². The van der Waals surface area contributed by atoms with Gasteiger partial charge in [-0.3, -0.25) is 0 Å². The van der Waals surface area contributed by atoms with Crippen LogP contribution in [0.3, 0.4) is 0 Å². The third kappa shape index (κ3) is 5.14. The summed E-state index contributed by atoms with van der Waals surface area (Å²) in [6.07, 6.45) is -1.96. The number of esters is 2. The number of hydrogen-bond acceptors (Lipinski definition) is 8. The monoisotopic (exact) mass is 428 g/mol. The Hall–Kier alpha value is -1.87. The van der Waals surface area contributed by atoms with E-state index in [1.807, 2.05) is 0 Å². The first-order valence-corrected chi connectivity index (χ1v) is 10.7. The zero-order valence-corrected chi connectivity index (χ0v) is 18.7. The Balaban J connectivity index is 2.46. The number of carbonyl (C=O) groups is 2. The van der Waals surface area contributed by atoms with Gasteiger partial charge < -0.3 is 9.47 Å². The molecule has 0 aliphatic rings. The molecule has 0 bridgehead atoms. The Morgan fingerprint density at radius 1 is 0.857 bits per heavy atom. The summed E-state index contributed by atoms with van der Waals surface area (Å²) in [6.45, 7) is 12.2. The van der Waals surface area contributed by atoms with E-state index in [1.54, 1.807) is 48.5 Å². The Labute approximate surface area is 172 Å². The van der Waals surface area contributed by atoms with Crippen LogP contribution in [0.2, 0.25) is 0 Å².